The first-order valence-electron chi connectivity index (χ1n) is 13.9. The Labute approximate surface area is 246 Å². The lowest BCUT2D eigenvalue weighted by Crippen LogP contribution is -2.39. The van der Waals surface area contributed by atoms with E-state index in [0.29, 0.717) is 34.7 Å². The van der Waals surface area contributed by atoms with Crippen molar-refractivity contribution in [1.29, 1.82) is 0 Å². The summed E-state index contributed by atoms with van der Waals surface area (Å²) in [4.78, 5) is 24.1. The highest BCUT2D eigenvalue weighted by Gasteiger charge is 2.36. The fraction of sp³-hybridized carbons (Fsp3) is 0.469. The predicted octanol–water partition coefficient (Wildman–Crippen LogP) is 7.43. The van der Waals surface area contributed by atoms with Gasteiger partial charge in [0.15, 0.2) is 6.10 Å². The number of benzene rings is 1. The highest BCUT2D eigenvalue weighted by molar-refractivity contribution is 6.30. The van der Waals surface area contributed by atoms with Gasteiger partial charge in [-0.2, -0.15) is 0 Å². The molecule has 0 amide bonds. The molecule has 1 fully saturated rings. The van der Waals surface area contributed by atoms with Gasteiger partial charge in [0.25, 0.3) is 0 Å². The zero-order chi connectivity index (χ0) is 29.9. The SMILES string of the molecule is Cc1ncc(-c2ccc(OCCc3cccc(Cl)c3F)cn2)c(N2CCC(C)(C)CC2)c1[C@H](OC(C)(C)C)C(=O)O. The molecule has 0 aliphatic carbocycles. The van der Waals surface area contributed by atoms with Crippen LogP contribution in [0.1, 0.15) is 70.4 Å². The van der Waals surface area contributed by atoms with Crippen molar-refractivity contribution >= 4 is 23.3 Å². The van der Waals surface area contributed by atoms with E-state index in [1.165, 1.54) is 6.07 Å². The Hall–Kier alpha value is -3.23. The van der Waals surface area contributed by atoms with E-state index < -0.39 is 23.5 Å². The third-order valence-electron chi connectivity index (χ3n) is 7.36. The molecule has 1 aliphatic heterocycles. The molecule has 7 nitrogen and oxygen atoms in total. The molecular formula is C32H39ClFN3O4. The lowest BCUT2D eigenvalue weighted by Gasteiger charge is -2.40. The molecule has 2 aromatic heterocycles. The van der Waals surface area contributed by atoms with Crippen LogP contribution in [0.5, 0.6) is 5.75 Å². The number of carboxylic acid groups (broad SMARTS) is 1. The fourth-order valence-corrected chi connectivity index (χ4v) is 5.21. The number of hydrogen-bond acceptors (Lipinski definition) is 6. The molecule has 4 rings (SSSR count). The maximum absolute atomic E-state index is 14.2. The van der Waals surface area contributed by atoms with Crippen LogP contribution in [0.3, 0.4) is 0 Å². The van der Waals surface area contributed by atoms with Crippen molar-refractivity contribution < 1.29 is 23.8 Å². The van der Waals surface area contributed by atoms with Gasteiger partial charge >= 0.3 is 5.97 Å². The van der Waals surface area contributed by atoms with E-state index in [0.717, 1.165) is 37.2 Å². The first-order valence-corrected chi connectivity index (χ1v) is 14.3. The van der Waals surface area contributed by atoms with Gasteiger partial charge < -0.3 is 19.5 Å². The van der Waals surface area contributed by atoms with Crippen molar-refractivity contribution in [3.05, 3.63) is 70.4 Å². The summed E-state index contributed by atoms with van der Waals surface area (Å²) in [5.41, 5.74) is 3.35. The third kappa shape index (κ3) is 7.54. The Kier molecular flexibility index (Phi) is 9.24. The topological polar surface area (TPSA) is 84.8 Å². The number of piperidine rings is 1. The summed E-state index contributed by atoms with van der Waals surface area (Å²) >= 11 is 5.88. The summed E-state index contributed by atoms with van der Waals surface area (Å²) in [6.45, 7) is 13.7. The van der Waals surface area contributed by atoms with E-state index in [9.17, 15) is 14.3 Å². The maximum atomic E-state index is 14.2. The van der Waals surface area contributed by atoms with Gasteiger partial charge in [0.05, 0.1) is 34.8 Å². The second-order valence-electron chi connectivity index (χ2n) is 12.3. The number of anilines is 1. The summed E-state index contributed by atoms with van der Waals surface area (Å²) < 4.78 is 26.1. The van der Waals surface area contributed by atoms with Gasteiger partial charge in [-0.15, -0.1) is 0 Å². The molecule has 1 aliphatic rings. The van der Waals surface area contributed by atoms with Crippen molar-refractivity contribution in [2.45, 2.75) is 72.5 Å². The monoisotopic (exact) mass is 583 g/mol. The number of pyridine rings is 2. The average molecular weight is 584 g/mol. The van der Waals surface area contributed by atoms with Crippen LogP contribution in [0.25, 0.3) is 11.3 Å². The molecule has 220 valence electrons. The highest BCUT2D eigenvalue weighted by Crippen LogP contribution is 2.43. The fourth-order valence-electron chi connectivity index (χ4n) is 5.02. The van der Waals surface area contributed by atoms with Crippen molar-refractivity contribution in [2.75, 3.05) is 24.6 Å². The quantitative estimate of drug-likeness (QED) is 0.280. The van der Waals surface area contributed by atoms with Gasteiger partial charge in [0, 0.05) is 42.5 Å². The second kappa shape index (κ2) is 12.3. The van der Waals surface area contributed by atoms with Crippen molar-refractivity contribution in [3.63, 3.8) is 0 Å². The van der Waals surface area contributed by atoms with Gasteiger partial charge in [0.1, 0.15) is 11.6 Å². The molecule has 0 spiro atoms. The molecule has 3 heterocycles. The normalized spacial score (nSPS) is 16.0. The van der Waals surface area contributed by atoms with Crippen LogP contribution in [0.15, 0.2) is 42.7 Å². The van der Waals surface area contributed by atoms with Crippen LogP contribution in [-0.4, -0.2) is 46.3 Å². The van der Waals surface area contributed by atoms with Gasteiger partial charge in [-0.3, -0.25) is 9.97 Å². The number of carboxylic acids is 1. The summed E-state index contributed by atoms with van der Waals surface area (Å²) in [6.07, 6.45) is 4.49. The zero-order valence-electron chi connectivity index (χ0n) is 24.6. The Morgan fingerprint density at radius 3 is 2.46 bits per heavy atom. The van der Waals surface area contributed by atoms with E-state index in [4.69, 9.17) is 21.1 Å². The summed E-state index contributed by atoms with van der Waals surface area (Å²) in [7, 11) is 0. The van der Waals surface area contributed by atoms with E-state index in [1.807, 2.05) is 33.8 Å². The molecular weight excluding hydrogens is 545 g/mol. The average Bonchev–Trinajstić information content (AvgIpc) is 2.90. The number of hydrogen-bond donors (Lipinski definition) is 1. The molecule has 1 N–H and O–H groups in total. The Balaban J connectivity index is 1.67. The van der Waals surface area contributed by atoms with Crippen LogP contribution >= 0.6 is 11.6 Å². The number of aliphatic carboxylic acids is 1. The van der Waals surface area contributed by atoms with E-state index in [2.05, 4.69) is 28.7 Å². The highest BCUT2D eigenvalue weighted by atomic mass is 35.5. The van der Waals surface area contributed by atoms with Crippen LogP contribution in [0.2, 0.25) is 5.02 Å². The van der Waals surface area contributed by atoms with Crippen molar-refractivity contribution in [3.8, 4) is 17.0 Å². The number of ether oxygens (including phenoxy) is 2. The molecule has 1 atom stereocenters. The first kappa shape index (κ1) is 30.7. The van der Waals surface area contributed by atoms with Crippen LogP contribution in [0, 0.1) is 18.2 Å². The Bertz CT molecular complexity index is 1380. The lowest BCUT2D eigenvalue weighted by atomic mass is 9.82. The Morgan fingerprint density at radius 1 is 1.15 bits per heavy atom. The van der Waals surface area contributed by atoms with Gasteiger partial charge in [-0.25, -0.2) is 9.18 Å². The van der Waals surface area contributed by atoms with Gasteiger partial charge in [-0.1, -0.05) is 37.6 Å². The van der Waals surface area contributed by atoms with E-state index in [1.54, 1.807) is 30.6 Å². The van der Waals surface area contributed by atoms with Gasteiger partial charge in [0.2, 0.25) is 0 Å². The standard InChI is InChI=1S/C32H39ClFN3O4/c1-20-26(29(30(38)39)41-31(2,3)4)28(37-15-13-32(5,6)14-16-37)23(19-35-20)25-11-10-22(18-36-25)40-17-12-21-8-7-9-24(33)27(21)34/h7-11,18-19,29H,12-17H2,1-6H3,(H,38,39)/t29-/m0/s1. The number of halogens is 2. The largest absolute Gasteiger partial charge is 0.492 e. The Morgan fingerprint density at radius 2 is 1.85 bits per heavy atom. The summed E-state index contributed by atoms with van der Waals surface area (Å²) in [6, 6.07) is 8.55. The van der Waals surface area contributed by atoms with Crippen LogP contribution in [0.4, 0.5) is 10.1 Å². The minimum absolute atomic E-state index is 0.0886. The summed E-state index contributed by atoms with van der Waals surface area (Å²) in [5, 5.41) is 10.4. The van der Waals surface area contributed by atoms with E-state index >= 15 is 0 Å². The first-order chi connectivity index (χ1) is 19.3. The van der Waals surface area contributed by atoms with Crippen LogP contribution < -0.4 is 9.64 Å². The van der Waals surface area contributed by atoms with Crippen LogP contribution in [-0.2, 0) is 16.0 Å². The molecule has 1 saturated heterocycles. The van der Waals surface area contributed by atoms with Crippen molar-refractivity contribution in [2.24, 2.45) is 5.41 Å². The zero-order valence-corrected chi connectivity index (χ0v) is 25.4. The molecule has 0 saturated carbocycles. The number of nitrogens with zero attached hydrogens (tertiary/aromatic N) is 3. The number of rotatable bonds is 9. The van der Waals surface area contributed by atoms with Crippen molar-refractivity contribution in [1.82, 2.24) is 9.97 Å². The molecule has 0 radical (unpaired) electrons. The number of aryl methyl sites for hydroxylation is 1. The van der Waals surface area contributed by atoms with Gasteiger partial charge in [-0.05, 0) is 69.7 Å². The maximum Gasteiger partial charge on any atom is 0.337 e. The lowest BCUT2D eigenvalue weighted by molar-refractivity contribution is -0.160. The minimum atomic E-state index is -1.19. The molecule has 9 heteroatoms. The second-order valence-corrected chi connectivity index (χ2v) is 12.7. The third-order valence-corrected chi connectivity index (χ3v) is 7.65. The molecule has 41 heavy (non-hydrogen) atoms. The smallest absolute Gasteiger partial charge is 0.337 e. The molecule has 3 aromatic rings. The predicted molar refractivity (Wildman–Crippen MR) is 159 cm³/mol. The van der Waals surface area contributed by atoms with E-state index in [-0.39, 0.29) is 17.0 Å². The number of carbonyl (C=O) groups is 1. The minimum Gasteiger partial charge on any atom is -0.492 e. The molecule has 0 bridgehead atoms. The number of aromatic nitrogens is 2. The molecule has 0 unspecified atom stereocenters. The molecule has 1 aromatic carbocycles. The summed E-state index contributed by atoms with van der Waals surface area (Å²) in [5.74, 6) is -0.955.